The number of halogens is 1. The maximum Gasteiger partial charge on any atom is 0.412 e. The molecule has 1 amide bonds. The normalized spacial score (nSPS) is 11.2. The first-order valence-corrected chi connectivity index (χ1v) is 7.38. The molecule has 0 unspecified atom stereocenters. The number of nitrogens with zero attached hydrogens (tertiary/aromatic N) is 1. The molecule has 1 aromatic heterocycles. The molecule has 0 bridgehead atoms. The number of hydrogen-bond acceptors (Lipinski definition) is 3. The Morgan fingerprint density at radius 3 is 2.65 bits per heavy atom. The van der Waals surface area contributed by atoms with Gasteiger partial charge in [-0.3, -0.25) is 5.32 Å². The van der Waals surface area contributed by atoms with Gasteiger partial charge in [0.2, 0.25) is 0 Å². The molecular formula is C17H22FN3O2. The molecular weight excluding hydrogens is 297 g/mol. The highest BCUT2D eigenvalue weighted by Gasteiger charge is 2.17. The number of aromatic nitrogens is 1. The van der Waals surface area contributed by atoms with Gasteiger partial charge in [0.15, 0.2) is 0 Å². The minimum absolute atomic E-state index is 0.0798. The van der Waals surface area contributed by atoms with Crippen molar-refractivity contribution in [2.45, 2.75) is 32.9 Å². The van der Waals surface area contributed by atoms with Gasteiger partial charge in [-0.2, -0.15) is 0 Å². The van der Waals surface area contributed by atoms with Crippen LogP contribution in [0, 0.1) is 5.82 Å². The number of ether oxygens (including phenoxy) is 1. The first kappa shape index (κ1) is 16.9. The van der Waals surface area contributed by atoms with Crippen LogP contribution < -0.4 is 10.6 Å². The van der Waals surface area contributed by atoms with E-state index in [0.29, 0.717) is 12.2 Å². The molecule has 1 aromatic carbocycles. The largest absolute Gasteiger partial charge is 0.444 e. The number of benzene rings is 1. The quantitative estimate of drug-likeness (QED) is 0.891. The lowest BCUT2D eigenvalue weighted by molar-refractivity contribution is 0.0635. The van der Waals surface area contributed by atoms with Crippen molar-refractivity contribution in [3.63, 3.8) is 0 Å². The fourth-order valence-corrected chi connectivity index (χ4v) is 2.02. The fourth-order valence-electron chi connectivity index (χ4n) is 2.02. The second-order valence-corrected chi connectivity index (χ2v) is 6.29. The van der Waals surface area contributed by atoms with Crippen LogP contribution in [0.2, 0.25) is 0 Å². The Bertz CT molecular complexity index is 689. The SMILES string of the molecule is Cn1cccc1CNc1ccc(F)c(NC(=O)OC(C)(C)C)c1. The van der Waals surface area contributed by atoms with Crippen molar-refractivity contribution < 1.29 is 13.9 Å². The van der Waals surface area contributed by atoms with Crippen molar-refractivity contribution in [3.05, 3.63) is 48.0 Å². The Kier molecular flexibility index (Phi) is 4.93. The summed E-state index contributed by atoms with van der Waals surface area (Å²) in [5.74, 6) is -0.514. The highest BCUT2D eigenvalue weighted by Crippen LogP contribution is 2.21. The Morgan fingerprint density at radius 2 is 2.04 bits per heavy atom. The summed E-state index contributed by atoms with van der Waals surface area (Å²) < 4.78 is 21.0. The van der Waals surface area contributed by atoms with E-state index in [9.17, 15) is 9.18 Å². The van der Waals surface area contributed by atoms with E-state index < -0.39 is 17.5 Å². The summed E-state index contributed by atoms with van der Waals surface area (Å²) >= 11 is 0. The average molecular weight is 319 g/mol. The molecule has 6 heteroatoms. The molecule has 5 nitrogen and oxygen atoms in total. The molecule has 1 heterocycles. The Hall–Kier alpha value is -2.50. The Balaban J connectivity index is 2.03. The lowest BCUT2D eigenvalue weighted by atomic mass is 10.2. The van der Waals surface area contributed by atoms with E-state index in [-0.39, 0.29) is 5.69 Å². The number of carbonyl (C=O) groups is 1. The molecule has 0 aliphatic carbocycles. The topological polar surface area (TPSA) is 55.3 Å². The number of nitrogens with one attached hydrogen (secondary N) is 2. The summed E-state index contributed by atoms with van der Waals surface area (Å²) in [5, 5.41) is 5.63. The zero-order valence-electron chi connectivity index (χ0n) is 13.8. The maximum atomic E-state index is 13.8. The van der Waals surface area contributed by atoms with Gasteiger partial charge in [0.25, 0.3) is 0 Å². The predicted octanol–water partition coefficient (Wildman–Crippen LogP) is 4.12. The number of anilines is 2. The minimum atomic E-state index is -0.684. The predicted molar refractivity (Wildman–Crippen MR) is 89.0 cm³/mol. The highest BCUT2D eigenvalue weighted by atomic mass is 19.1. The third kappa shape index (κ3) is 5.02. The summed E-state index contributed by atoms with van der Waals surface area (Å²) in [7, 11) is 1.96. The van der Waals surface area contributed by atoms with Crippen LogP contribution in [0.1, 0.15) is 26.5 Å². The molecule has 0 saturated heterocycles. The van der Waals surface area contributed by atoms with Crippen molar-refractivity contribution in [3.8, 4) is 0 Å². The number of carbonyl (C=O) groups excluding carboxylic acids is 1. The van der Waals surface area contributed by atoms with Crippen LogP contribution in [0.5, 0.6) is 0 Å². The number of amides is 1. The third-order valence-electron chi connectivity index (χ3n) is 3.13. The maximum absolute atomic E-state index is 13.8. The molecule has 2 N–H and O–H groups in total. The molecule has 0 aliphatic rings. The van der Waals surface area contributed by atoms with Crippen LogP contribution in [0.15, 0.2) is 36.5 Å². The molecule has 23 heavy (non-hydrogen) atoms. The standard InChI is InChI=1S/C17H22FN3O2/c1-17(2,3)23-16(22)20-15-10-12(7-8-14(15)18)19-11-13-6-5-9-21(13)4/h5-10,19H,11H2,1-4H3,(H,20,22). The summed E-state index contributed by atoms with van der Waals surface area (Å²) in [5.41, 5.74) is 1.24. The number of rotatable bonds is 4. The molecule has 0 radical (unpaired) electrons. The zero-order chi connectivity index (χ0) is 17.0. The van der Waals surface area contributed by atoms with E-state index >= 15 is 0 Å². The van der Waals surface area contributed by atoms with Gasteiger partial charge in [-0.1, -0.05) is 0 Å². The Morgan fingerprint density at radius 1 is 1.30 bits per heavy atom. The van der Waals surface area contributed by atoms with E-state index in [1.807, 2.05) is 29.9 Å². The molecule has 0 atom stereocenters. The molecule has 2 rings (SSSR count). The number of hydrogen-bond donors (Lipinski definition) is 2. The van der Waals surface area contributed by atoms with Crippen LogP contribution in [-0.2, 0) is 18.3 Å². The molecule has 2 aromatic rings. The van der Waals surface area contributed by atoms with Gasteiger partial charge < -0.3 is 14.6 Å². The van der Waals surface area contributed by atoms with Crippen LogP contribution in [-0.4, -0.2) is 16.3 Å². The lowest BCUT2D eigenvalue weighted by Gasteiger charge is -2.20. The van der Waals surface area contributed by atoms with Crippen LogP contribution >= 0.6 is 0 Å². The second-order valence-electron chi connectivity index (χ2n) is 6.29. The molecule has 124 valence electrons. The fraction of sp³-hybridized carbons (Fsp3) is 0.353. The van der Waals surface area contributed by atoms with Gasteiger partial charge in [0, 0.05) is 24.6 Å². The van der Waals surface area contributed by atoms with E-state index in [0.717, 1.165) is 5.69 Å². The van der Waals surface area contributed by atoms with E-state index in [2.05, 4.69) is 10.6 Å². The Labute approximate surface area is 135 Å². The zero-order valence-corrected chi connectivity index (χ0v) is 13.8. The van der Waals surface area contributed by atoms with Gasteiger partial charge in [-0.05, 0) is 51.1 Å². The van der Waals surface area contributed by atoms with Crippen LogP contribution in [0.25, 0.3) is 0 Å². The third-order valence-corrected chi connectivity index (χ3v) is 3.13. The summed E-state index contributed by atoms with van der Waals surface area (Å²) in [6, 6.07) is 8.42. The van der Waals surface area contributed by atoms with Gasteiger partial charge >= 0.3 is 6.09 Å². The summed E-state index contributed by atoms with van der Waals surface area (Å²) in [6.45, 7) is 5.85. The van der Waals surface area contributed by atoms with Crippen molar-refractivity contribution >= 4 is 17.5 Å². The van der Waals surface area contributed by atoms with Gasteiger partial charge in [-0.25, -0.2) is 9.18 Å². The smallest absolute Gasteiger partial charge is 0.412 e. The average Bonchev–Trinajstić information content (AvgIpc) is 2.83. The van der Waals surface area contributed by atoms with Gasteiger partial charge in [0.05, 0.1) is 12.2 Å². The molecule has 0 fully saturated rings. The molecule has 0 spiro atoms. The van der Waals surface area contributed by atoms with Crippen molar-refractivity contribution in [1.29, 1.82) is 0 Å². The first-order chi connectivity index (χ1) is 10.7. The summed E-state index contributed by atoms with van der Waals surface area (Å²) in [4.78, 5) is 11.8. The highest BCUT2D eigenvalue weighted by molar-refractivity contribution is 5.85. The van der Waals surface area contributed by atoms with Crippen LogP contribution in [0.4, 0.5) is 20.6 Å². The van der Waals surface area contributed by atoms with E-state index in [1.165, 1.54) is 6.07 Å². The van der Waals surface area contributed by atoms with Crippen LogP contribution in [0.3, 0.4) is 0 Å². The second kappa shape index (κ2) is 6.73. The van der Waals surface area contributed by atoms with E-state index in [1.54, 1.807) is 32.9 Å². The van der Waals surface area contributed by atoms with Crippen molar-refractivity contribution in [2.75, 3.05) is 10.6 Å². The van der Waals surface area contributed by atoms with Crippen molar-refractivity contribution in [2.24, 2.45) is 7.05 Å². The minimum Gasteiger partial charge on any atom is -0.444 e. The van der Waals surface area contributed by atoms with Gasteiger partial charge in [-0.15, -0.1) is 0 Å². The van der Waals surface area contributed by atoms with E-state index in [4.69, 9.17) is 4.74 Å². The summed E-state index contributed by atoms with van der Waals surface area (Å²) in [6.07, 6.45) is 1.27. The first-order valence-electron chi connectivity index (χ1n) is 7.38. The lowest BCUT2D eigenvalue weighted by Crippen LogP contribution is -2.27. The monoisotopic (exact) mass is 319 g/mol. The van der Waals surface area contributed by atoms with Gasteiger partial charge in [0.1, 0.15) is 11.4 Å². The number of aryl methyl sites for hydroxylation is 1. The van der Waals surface area contributed by atoms with Crippen molar-refractivity contribution in [1.82, 2.24) is 4.57 Å². The molecule has 0 saturated carbocycles. The molecule has 0 aliphatic heterocycles.